The van der Waals surface area contributed by atoms with Crippen molar-refractivity contribution in [1.82, 2.24) is 20.8 Å². The number of hydrogen-bond acceptors (Lipinski definition) is 8. The van der Waals surface area contributed by atoms with E-state index in [1.165, 1.54) is 6.20 Å². The Morgan fingerprint density at radius 2 is 1.91 bits per heavy atom. The first-order valence-corrected chi connectivity index (χ1v) is 12.9. The second-order valence-corrected chi connectivity index (χ2v) is 10.0. The third-order valence-electron chi connectivity index (χ3n) is 5.83. The average molecular weight is 496 g/mol. The van der Waals surface area contributed by atoms with Crippen LogP contribution in [0.2, 0.25) is 0 Å². The molecule has 0 unspecified atom stereocenters. The highest BCUT2D eigenvalue weighted by atomic mass is 32.2. The van der Waals surface area contributed by atoms with Gasteiger partial charge in [-0.15, -0.1) is 5.53 Å². The van der Waals surface area contributed by atoms with Crippen molar-refractivity contribution >= 4 is 32.8 Å². The van der Waals surface area contributed by atoms with E-state index in [0.717, 1.165) is 61.1 Å². The quantitative estimate of drug-likeness (QED) is 0.515. The third-order valence-corrected chi connectivity index (χ3v) is 7.31. The lowest BCUT2D eigenvalue weighted by molar-refractivity contribution is 0.271. The maximum absolute atomic E-state index is 15.1. The van der Waals surface area contributed by atoms with Crippen LogP contribution in [0.1, 0.15) is 27.3 Å². The summed E-state index contributed by atoms with van der Waals surface area (Å²) in [6, 6.07) is 4.07. The monoisotopic (exact) mass is 495 g/mol. The maximum Gasteiger partial charge on any atom is 0.232 e. The summed E-state index contributed by atoms with van der Waals surface area (Å²) in [5, 5.41) is 1.14. The van der Waals surface area contributed by atoms with Gasteiger partial charge in [0.2, 0.25) is 10.0 Å². The van der Waals surface area contributed by atoms with E-state index in [-0.39, 0.29) is 12.9 Å². The van der Waals surface area contributed by atoms with Crippen LogP contribution < -0.4 is 25.6 Å². The fraction of sp³-hybridized carbons (Fsp3) is 0.409. The Kier molecular flexibility index (Phi) is 7.19. The van der Waals surface area contributed by atoms with Gasteiger partial charge in [0.25, 0.3) is 0 Å². The number of nitrogens with zero attached hydrogens (tertiary/aromatic N) is 4. The van der Waals surface area contributed by atoms with Gasteiger partial charge in [-0.05, 0) is 31.2 Å². The van der Waals surface area contributed by atoms with E-state index in [1.807, 2.05) is 6.07 Å². The van der Waals surface area contributed by atoms with Crippen LogP contribution in [0.25, 0.3) is 5.70 Å². The molecule has 0 atom stereocenters. The molecule has 3 heterocycles. The molecule has 1 aromatic carbocycles. The maximum atomic E-state index is 15.1. The van der Waals surface area contributed by atoms with Crippen molar-refractivity contribution in [1.29, 1.82) is 0 Å². The average Bonchev–Trinajstić information content (AvgIpc) is 3.31. The molecule has 1 aromatic heterocycles. The summed E-state index contributed by atoms with van der Waals surface area (Å²) in [5.41, 5.74) is 7.16. The molecule has 3 N–H and O–H groups in total. The minimum atomic E-state index is -3.73. The lowest BCUT2D eigenvalue weighted by Gasteiger charge is -2.35. The van der Waals surface area contributed by atoms with Gasteiger partial charge in [0.05, 0.1) is 29.0 Å². The molecule has 1 fully saturated rings. The molecule has 0 aliphatic carbocycles. The number of aromatic nitrogens is 1. The molecule has 12 heteroatoms. The van der Waals surface area contributed by atoms with Crippen LogP contribution >= 0.6 is 0 Å². The van der Waals surface area contributed by atoms with E-state index < -0.39 is 27.3 Å². The predicted octanol–water partition coefficient (Wildman–Crippen LogP) is 2.73. The summed E-state index contributed by atoms with van der Waals surface area (Å²) in [7, 11) is -3.73. The number of pyridine rings is 1. The fourth-order valence-corrected chi connectivity index (χ4v) is 5.11. The second kappa shape index (κ2) is 10.1. The van der Waals surface area contributed by atoms with E-state index in [4.69, 9.17) is 0 Å². The lowest BCUT2D eigenvalue weighted by atomic mass is 10.2. The number of sulfonamides is 1. The largest absolute Gasteiger partial charge is 0.368 e. The minimum absolute atomic E-state index is 0. The van der Waals surface area contributed by atoms with Crippen molar-refractivity contribution in [2.45, 2.75) is 20.3 Å². The summed E-state index contributed by atoms with van der Waals surface area (Å²) in [4.78, 5) is 8.98. The predicted molar refractivity (Wildman–Crippen MR) is 131 cm³/mol. The number of benzene rings is 1. The van der Waals surface area contributed by atoms with Crippen LogP contribution in [-0.4, -0.2) is 56.8 Å². The molecule has 4 rings (SSSR count). The van der Waals surface area contributed by atoms with E-state index in [2.05, 4.69) is 37.4 Å². The molecular weight excluding hydrogens is 464 g/mol. The molecular formula is C22H31F2N7O2S. The molecule has 186 valence electrons. The van der Waals surface area contributed by atoms with Crippen LogP contribution in [0, 0.1) is 11.6 Å². The van der Waals surface area contributed by atoms with Crippen LogP contribution in [0.3, 0.4) is 0 Å². The Hall–Kier alpha value is -2.96. The highest BCUT2D eigenvalue weighted by Crippen LogP contribution is 2.31. The Morgan fingerprint density at radius 3 is 2.62 bits per heavy atom. The molecule has 0 amide bonds. The van der Waals surface area contributed by atoms with Crippen molar-refractivity contribution in [2.24, 2.45) is 0 Å². The Labute approximate surface area is 199 Å². The van der Waals surface area contributed by atoms with Crippen molar-refractivity contribution in [3.05, 3.63) is 54.0 Å². The van der Waals surface area contributed by atoms with Crippen molar-refractivity contribution in [3.63, 3.8) is 0 Å². The molecule has 0 saturated carbocycles. The fourth-order valence-electron chi connectivity index (χ4n) is 3.98. The van der Waals surface area contributed by atoms with Crippen LogP contribution in [0.15, 0.2) is 36.8 Å². The molecule has 1 saturated heterocycles. The first-order chi connectivity index (χ1) is 16.3. The van der Waals surface area contributed by atoms with Gasteiger partial charge in [-0.3, -0.25) is 14.7 Å². The van der Waals surface area contributed by atoms with Gasteiger partial charge in [-0.1, -0.05) is 13.8 Å². The highest BCUT2D eigenvalue weighted by molar-refractivity contribution is 7.92. The molecule has 0 radical (unpaired) electrons. The molecule has 9 nitrogen and oxygen atoms in total. The lowest BCUT2D eigenvalue weighted by Crippen LogP contribution is -2.46. The van der Waals surface area contributed by atoms with Gasteiger partial charge < -0.3 is 15.2 Å². The number of halogens is 2. The molecule has 2 aromatic rings. The highest BCUT2D eigenvalue weighted by Gasteiger charge is 2.25. The summed E-state index contributed by atoms with van der Waals surface area (Å²) in [6.45, 7) is 8.63. The van der Waals surface area contributed by atoms with Gasteiger partial charge in [-0.2, -0.15) is 0 Å². The van der Waals surface area contributed by atoms with E-state index in [0.29, 0.717) is 12.1 Å². The van der Waals surface area contributed by atoms with E-state index >= 15 is 4.39 Å². The number of hydrogen-bond donors (Lipinski definition) is 3. The number of rotatable bonds is 8. The molecule has 2 aliphatic heterocycles. The number of nitrogens with one attached hydrogen (secondary N) is 3. The zero-order valence-electron chi connectivity index (χ0n) is 19.2. The summed E-state index contributed by atoms with van der Waals surface area (Å²) < 4.78 is 56.0. The zero-order chi connectivity index (χ0) is 24.3. The van der Waals surface area contributed by atoms with Crippen molar-refractivity contribution < 1.29 is 18.6 Å². The number of piperazine rings is 1. The van der Waals surface area contributed by atoms with Gasteiger partial charge in [0.15, 0.2) is 11.6 Å². The first-order valence-electron chi connectivity index (χ1n) is 11.2. The van der Waals surface area contributed by atoms with E-state index in [9.17, 15) is 12.8 Å². The van der Waals surface area contributed by atoms with Crippen LogP contribution in [0.4, 0.5) is 25.8 Å². The van der Waals surface area contributed by atoms with Gasteiger partial charge in [-0.25, -0.2) is 17.2 Å². The van der Waals surface area contributed by atoms with Crippen molar-refractivity contribution in [3.8, 4) is 0 Å². The van der Waals surface area contributed by atoms with Gasteiger partial charge >= 0.3 is 0 Å². The first kappa shape index (κ1) is 24.2. The Balaban J connectivity index is 0.00000342. The van der Waals surface area contributed by atoms with Gasteiger partial charge in [0.1, 0.15) is 5.69 Å². The smallest absolute Gasteiger partial charge is 0.232 e. The topological polar surface area (TPSA) is 92.8 Å². The molecule has 0 spiro atoms. The summed E-state index contributed by atoms with van der Waals surface area (Å²) >= 11 is 0. The van der Waals surface area contributed by atoms with Crippen LogP contribution in [-0.2, 0) is 10.0 Å². The Morgan fingerprint density at radius 1 is 1.15 bits per heavy atom. The molecule has 34 heavy (non-hydrogen) atoms. The van der Waals surface area contributed by atoms with Gasteiger partial charge in [0, 0.05) is 45.6 Å². The Bertz CT molecular complexity index is 1170. The third kappa shape index (κ3) is 5.24. The summed E-state index contributed by atoms with van der Waals surface area (Å²) in [6.07, 6.45) is 5.34. The normalized spacial score (nSPS) is 17.0. The minimum Gasteiger partial charge on any atom is -0.368 e. The van der Waals surface area contributed by atoms with Crippen LogP contribution in [0.5, 0.6) is 0 Å². The summed E-state index contributed by atoms with van der Waals surface area (Å²) in [5.74, 6) is -2.03. The molecule has 2 aliphatic rings. The van der Waals surface area contributed by atoms with E-state index in [1.54, 1.807) is 19.3 Å². The standard InChI is InChI=1S/C22H29F2N7O2S.H2/c1-3-11-34(32,33)27-19-6-5-18(23)22(21(19)24)31-15-20(26-28-31)16-12-17(14-25-13-16)30-9-7-29(4-2)8-10-30;/h5-6,12-15,26-28H,3-4,7-11H2,1-2H3;1H. The second-order valence-electron chi connectivity index (χ2n) is 8.18. The number of anilines is 3. The zero-order valence-corrected chi connectivity index (χ0v) is 20.0. The number of likely N-dealkylation sites (N-methyl/N-ethyl adjacent to an activating group) is 1. The van der Waals surface area contributed by atoms with Crippen molar-refractivity contribution in [2.75, 3.05) is 53.1 Å². The SMILES string of the molecule is CCCS(=O)(=O)Nc1ccc(F)c(N2C=C(c3cncc(N4CCN(CC)CC4)c3)NN2)c1F.[HH]. The number of hydrazine groups is 2. The molecule has 0 bridgehead atoms.